The molecule has 0 spiro atoms. The number of hydrogen-bond donors (Lipinski definition) is 3. The van der Waals surface area contributed by atoms with Crippen LogP contribution in [0.2, 0.25) is 5.02 Å². The first-order chi connectivity index (χ1) is 13.0. The van der Waals surface area contributed by atoms with Crippen molar-refractivity contribution in [3.05, 3.63) is 53.6 Å². The van der Waals surface area contributed by atoms with E-state index in [-0.39, 0.29) is 11.4 Å². The highest BCUT2D eigenvalue weighted by atomic mass is 35.5. The van der Waals surface area contributed by atoms with E-state index in [1.807, 2.05) is 6.07 Å². The van der Waals surface area contributed by atoms with Crippen LogP contribution in [0.3, 0.4) is 0 Å². The van der Waals surface area contributed by atoms with E-state index in [0.29, 0.717) is 16.4 Å². The number of alkyl halides is 2. The predicted octanol–water partition coefficient (Wildman–Crippen LogP) is 4.91. The van der Waals surface area contributed by atoms with Crippen LogP contribution in [0.1, 0.15) is 0 Å². The second-order valence-electron chi connectivity index (χ2n) is 5.54. The Morgan fingerprint density at radius 3 is 2.61 bits per heavy atom. The monoisotopic (exact) mass is 448 g/mol. The molecule has 1 unspecified atom stereocenters. The van der Waals surface area contributed by atoms with Gasteiger partial charge in [-0.15, -0.1) is 0 Å². The molecule has 0 saturated carbocycles. The van der Waals surface area contributed by atoms with E-state index in [1.54, 1.807) is 24.3 Å². The van der Waals surface area contributed by atoms with E-state index in [1.165, 1.54) is 21.4 Å². The fourth-order valence-electron chi connectivity index (χ4n) is 2.35. The molecule has 3 rings (SSSR count). The Bertz CT molecular complexity index is 1070. The van der Waals surface area contributed by atoms with E-state index >= 15 is 0 Å². The Kier molecular flexibility index (Phi) is 5.75. The van der Waals surface area contributed by atoms with E-state index in [2.05, 4.69) is 19.6 Å². The molecular formula is C16H13ClF2N2O5P2. The molecule has 0 fully saturated rings. The largest absolute Gasteiger partial charge is 0.524 e. The van der Waals surface area contributed by atoms with E-state index in [4.69, 9.17) is 21.4 Å². The Morgan fingerprint density at radius 1 is 1.18 bits per heavy atom. The van der Waals surface area contributed by atoms with Gasteiger partial charge in [-0.25, -0.2) is 9.55 Å². The number of phosphoric acid groups is 1. The normalized spacial score (nSPS) is 12.1. The molecule has 0 radical (unpaired) electrons. The van der Waals surface area contributed by atoms with Crippen molar-refractivity contribution < 1.29 is 32.4 Å². The highest BCUT2D eigenvalue weighted by Gasteiger charge is 2.25. The van der Waals surface area contributed by atoms with Gasteiger partial charge in [0.25, 0.3) is 0 Å². The molecule has 1 aromatic heterocycles. The number of ether oxygens (including phenoxy) is 1. The first-order valence-electron chi connectivity index (χ1n) is 7.57. The van der Waals surface area contributed by atoms with Crippen molar-refractivity contribution in [2.24, 2.45) is 0 Å². The molecular weight excluding hydrogens is 436 g/mol. The number of halogens is 3. The maximum absolute atomic E-state index is 13.0. The fourth-order valence-corrected chi connectivity index (χ4v) is 3.12. The minimum atomic E-state index is -4.97. The number of pyridine rings is 1. The van der Waals surface area contributed by atoms with Crippen molar-refractivity contribution in [1.29, 1.82) is 0 Å². The molecule has 3 N–H and O–H groups in total. The lowest BCUT2D eigenvalue weighted by Gasteiger charge is -2.17. The van der Waals surface area contributed by atoms with Crippen LogP contribution >= 0.6 is 28.7 Å². The molecule has 2 aromatic carbocycles. The second-order valence-corrected chi connectivity index (χ2v) is 7.78. The molecule has 0 saturated heterocycles. The lowest BCUT2D eigenvalue weighted by atomic mass is 10.2. The van der Waals surface area contributed by atoms with Crippen molar-refractivity contribution in [2.75, 3.05) is 5.32 Å². The van der Waals surface area contributed by atoms with Gasteiger partial charge in [-0.3, -0.25) is 9.79 Å². The molecule has 3 aromatic rings. The zero-order valence-electron chi connectivity index (χ0n) is 13.8. The second kappa shape index (κ2) is 7.78. The summed E-state index contributed by atoms with van der Waals surface area (Å²) in [6.07, 6.45) is 0. The summed E-state index contributed by atoms with van der Waals surface area (Å²) in [5.41, 5.74) is 0.580. The van der Waals surface area contributed by atoms with Crippen LogP contribution in [0, 0.1) is 0 Å². The summed E-state index contributed by atoms with van der Waals surface area (Å²) < 4.78 is 46.2. The Hall–Kier alpha value is -2.02. The number of hydrogen-bond acceptors (Lipinski definition) is 5. The minimum absolute atomic E-state index is 0.0710. The Morgan fingerprint density at radius 2 is 1.93 bits per heavy atom. The quantitative estimate of drug-likeness (QED) is 0.461. The summed E-state index contributed by atoms with van der Waals surface area (Å²) in [6, 6.07) is 12.0. The number of nitrogens with one attached hydrogen (secondary N) is 1. The van der Waals surface area contributed by atoms with E-state index in [0.717, 1.165) is 11.5 Å². The number of nitrogens with zero attached hydrogens (tertiary/aromatic N) is 1. The Labute approximate surface area is 165 Å². The van der Waals surface area contributed by atoms with Gasteiger partial charge in [0.2, 0.25) is 0 Å². The minimum Gasteiger partial charge on any atom is -0.430 e. The first-order valence-corrected chi connectivity index (χ1v) is 10.1. The number of fused-ring (bicyclic) bond motifs is 1. The molecule has 12 heteroatoms. The number of benzene rings is 2. The number of anilines is 2. The topological polar surface area (TPSA) is 101 Å². The maximum atomic E-state index is 13.0. The van der Waals surface area contributed by atoms with Crippen LogP contribution in [0.5, 0.6) is 11.5 Å². The van der Waals surface area contributed by atoms with Crippen molar-refractivity contribution >= 4 is 51.1 Å². The van der Waals surface area contributed by atoms with Crippen molar-refractivity contribution in [3.8, 4) is 11.5 Å². The highest BCUT2D eigenvalue weighted by Crippen LogP contribution is 2.44. The summed E-state index contributed by atoms with van der Waals surface area (Å²) in [6.45, 7) is 0. The number of aromatic nitrogens is 1. The average molecular weight is 449 g/mol. The van der Waals surface area contributed by atoms with Gasteiger partial charge in [0.1, 0.15) is 11.6 Å². The maximum Gasteiger partial charge on any atom is 0.524 e. The summed E-state index contributed by atoms with van der Waals surface area (Å²) >= 11 is 6.13. The third kappa shape index (κ3) is 5.50. The summed E-state index contributed by atoms with van der Waals surface area (Å²) in [5.74, 6) is -4.03. The fraction of sp³-hybridized carbons (Fsp3) is 0.0625. The van der Waals surface area contributed by atoms with Crippen LogP contribution in [0.4, 0.5) is 20.3 Å². The molecule has 0 aliphatic carbocycles. The number of para-hydroxylation sites is 1. The first kappa shape index (κ1) is 20.7. The summed E-state index contributed by atoms with van der Waals surface area (Å²) in [7, 11) is -3.78. The molecule has 0 amide bonds. The zero-order valence-corrected chi connectivity index (χ0v) is 16.6. The number of rotatable bonds is 6. The van der Waals surface area contributed by atoms with Gasteiger partial charge in [-0.2, -0.15) is 8.78 Å². The van der Waals surface area contributed by atoms with Gasteiger partial charge < -0.3 is 14.6 Å². The van der Waals surface area contributed by atoms with Gasteiger partial charge in [0.15, 0.2) is 5.75 Å². The van der Waals surface area contributed by atoms with Crippen LogP contribution in [-0.4, -0.2) is 20.6 Å². The van der Waals surface area contributed by atoms with Crippen molar-refractivity contribution in [1.82, 2.24) is 4.98 Å². The SMILES string of the molecule is O=P(O)(O)Oc1cc(OC(F)(F)P)ccc1Nc1ccc2cccc(Cl)c2n1. The summed E-state index contributed by atoms with van der Waals surface area (Å²) in [5, 5.41) is 4.02. The standard InChI is InChI=1S/C16H13ClF2N2O5P2/c17-11-3-1-2-9-4-7-14(21-15(9)11)20-12-6-5-10(25-16(18,19)27)8-13(12)26-28(22,23)24/h1-8H,27H2,(H,20,21)(H2,22,23,24). The third-order valence-corrected chi connectivity index (χ3v) is 4.22. The highest BCUT2D eigenvalue weighted by molar-refractivity contribution is 7.46. The molecule has 1 heterocycles. The van der Waals surface area contributed by atoms with Crippen LogP contribution in [-0.2, 0) is 4.57 Å². The van der Waals surface area contributed by atoms with Gasteiger partial charge in [-0.1, -0.05) is 23.7 Å². The average Bonchev–Trinajstić information content (AvgIpc) is 2.55. The summed E-state index contributed by atoms with van der Waals surface area (Å²) in [4.78, 5) is 22.5. The van der Waals surface area contributed by atoms with Crippen molar-refractivity contribution in [2.45, 2.75) is 5.85 Å². The molecule has 0 bridgehead atoms. The lowest BCUT2D eigenvalue weighted by Crippen LogP contribution is -2.14. The molecule has 28 heavy (non-hydrogen) atoms. The lowest BCUT2D eigenvalue weighted by molar-refractivity contribution is -0.0892. The van der Waals surface area contributed by atoms with Gasteiger partial charge >= 0.3 is 13.7 Å². The molecule has 1 atom stereocenters. The molecule has 0 aliphatic rings. The smallest absolute Gasteiger partial charge is 0.430 e. The zero-order chi connectivity index (χ0) is 20.5. The van der Waals surface area contributed by atoms with Crippen LogP contribution < -0.4 is 14.6 Å². The molecule has 7 nitrogen and oxygen atoms in total. The molecule has 148 valence electrons. The predicted molar refractivity (Wildman–Crippen MR) is 104 cm³/mol. The van der Waals surface area contributed by atoms with Crippen LogP contribution in [0.15, 0.2) is 48.5 Å². The molecule has 0 aliphatic heterocycles. The van der Waals surface area contributed by atoms with Crippen molar-refractivity contribution in [3.63, 3.8) is 0 Å². The van der Waals surface area contributed by atoms with Gasteiger partial charge in [-0.05, 0) is 39.6 Å². The van der Waals surface area contributed by atoms with Gasteiger partial charge in [0.05, 0.1) is 16.2 Å². The van der Waals surface area contributed by atoms with Crippen LogP contribution in [0.25, 0.3) is 10.9 Å². The van der Waals surface area contributed by atoms with E-state index in [9.17, 15) is 13.3 Å². The Balaban J connectivity index is 1.98. The number of phosphoric ester groups is 1. The van der Waals surface area contributed by atoms with Gasteiger partial charge in [0, 0.05) is 11.5 Å². The third-order valence-electron chi connectivity index (χ3n) is 3.36. The van der Waals surface area contributed by atoms with E-state index < -0.39 is 19.4 Å².